The summed E-state index contributed by atoms with van der Waals surface area (Å²) in [6, 6.07) is 6.01. The Hall–Kier alpha value is -1.75. The van der Waals surface area contributed by atoms with Gasteiger partial charge in [0.25, 0.3) is 0 Å². The maximum absolute atomic E-state index is 12.6. The van der Waals surface area contributed by atoms with E-state index in [9.17, 15) is 4.79 Å². The van der Waals surface area contributed by atoms with E-state index in [0.717, 1.165) is 18.4 Å². The highest BCUT2D eigenvalue weighted by molar-refractivity contribution is 5.79. The predicted molar refractivity (Wildman–Crippen MR) is 92.9 cm³/mol. The topological polar surface area (TPSA) is 73.6 Å². The molecule has 2 saturated carbocycles. The molecule has 1 aromatic carbocycles. The number of methoxy groups -OCH3 is 2. The van der Waals surface area contributed by atoms with Gasteiger partial charge in [0, 0.05) is 24.1 Å². The lowest BCUT2D eigenvalue weighted by atomic mass is 9.65. The predicted octanol–water partition coefficient (Wildman–Crippen LogP) is 2.47. The number of nitrogens with two attached hydrogens (primary N) is 1. The lowest BCUT2D eigenvalue weighted by Crippen LogP contribution is -2.49. The monoisotopic (exact) mass is 332 g/mol. The zero-order valence-corrected chi connectivity index (χ0v) is 14.6. The van der Waals surface area contributed by atoms with Crippen molar-refractivity contribution in [3.05, 3.63) is 23.8 Å². The fourth-order valence-corrected chi connectivity index (χ4v) is 4.42. The van der Waals surface area contributed by atoms with Gasteiger partial charge in [0.1, 0.15) is 0 Å². The molecule has 5 nitrogen and oxygen atoms in total. The summed E-state index contributed by atoms with van der Waals surface area (Å²) in [7, 11) is 3.23. The maximum atomic E-state index is 12.6. The average Bonchev–Trinajstić information content (AvgIpc) is 2.58. The Morgan fingerprint density at radius 1 is 1.21 bits per heavy atom. The summed E-state index contributed by atoms with van der Waals surface area (Å²) in [4.78, 5) is 12.6. The van der Waals surface area contributed by atoms with Gasteiger partial charge in [-0.25, -0.2) is 0 Å². The number of fused-ring (bicyclic) bond motifs is 2. The Morgan fingerprint density at radius 3 is 2.54 bits per heavy atom. The first-order valence-corrected chi connectivity index (χ1v) is 8.87. The fraction of sp³-hybridized carbons (Fsp3) is 0.632. The van der Waals surface area contributed by atoms with Crippen LogP contribution < -0.4 is 20.5 Å². The van der Waals surface area contributed by atoms with Crippen LogP contribution in [0, 0.1) is 17.8 Å². The molecule has 2 bridgehead atoms. The second-order valence-electron chi connectivity index (χ2n) is 7.07. The molecule has 132 valence electrons. The van der Waals surface area contributed by atoms with Crippen molar-refractivity contribution < 1.29 is 14.3 Å². The average molecular weight is 332 g/mol. The van der Waals surface area contributed by atoms with Gasteiger partial charge < -0.3 is 20.5 Å². The van der Waals surface area contributed by atoms with Crippen molar-refractivity contribution in [1.82, 2.24) is 5.32 Å². The molecule has 2 atom stereocenters. The SMILES string of the molecule is COc1cccc(CNC(=O)C2CC3CCCC(C2)C3N)c1OC. The van der Waals surface area contributed by atoms with E-state index in [-0.39, 0.29) is 11.8 Å². The normalized spacial score (nSPS) is 29.0. The zero-order chi connectivity index (χ0) is 17.1. The smallest absolute Gasteiger partial charge is 0.223 e. The van der Waals surface area contributed by atoms with Gasteiger partial charge in [-0.15, -0.1) is 0 Å². The number of carbonyl (C=O) groups is 1. The number of hydrogen-bond donors (Lipinski definition) is 2. The molecule has 3 rings (SSSR count). The molecule has 5 heteroatoms. The van der Waals surface area contributed by atoms with Crippen LogP contribution in [0.15, 0.2) is 18.2 Å². The van der Waals surface area contributed by atoms with Crippen LogP contribution in [-0.4, -0.2) is 26.2 Å². The number of rotatable bonds is 5. The van der Waals surface area contributed by atoms with Gasteiger partial charge in [0.05, 0.1) is 14.2 Å². The third-order valence-electron chi connectivity index (χ3n) is 5.72. The lowest BCUT2D eigenvalue weighted by molar-refractivity contribution is -0.128. The Labute approximate surface area is 143 Å². The van der Waals surface area contributed by atoms with E-state index >= 15 is 0 Å². The van der Waals surface area contributed by atoms with Crippen molar-refractivity contribution in [3.63, 3.8) is 0 Å². The molecule has 0 heterocycles. The molecule has 0 aromatic heterocycles. The highest BCUT2D eigenvalue weighted by Gasteiger charge is 2.40. The van der Waals surface area contributed by atoms with E-state index in [1.807, 2.05) is 18.2 Å². The van der Waals surface area contributed by atoms with E-state index in [1.54, 1.807) is 14.2 Å². The van der Waals surface area contributed by atoms with Crippen molar-refractivity contribution in [2.45, 2.75) is 44.7 Å². The number of amides is 1. The minimum atomic E-state index is 0.0942. The number of ether oxygens (including phenoxy) is 2. The zero-order valence-electron chi connectivity index (χ0n) is 14.6. The highest BCUT2D eigenvalue weighted by Crippen LogP contribution is 2.42. The maximum Gasteiger partial charge on any atom is 0.223 e. The first-order valence-electron chi connectivity index (χ1n) is 8.87. The van der Waals surface area contributed by atoms with Crippen LogP contribution in [0.2, 0.25) is 0 Å². The van der Waals surface area contributed by atoms with Gasteiger partial charge in [-0.2, -0.15) is 0 Å². The summed E-state index contributed by atoms with van der Waals surface area (Å²) in [5, 5.41) is 3.08. The summed E-state index contributed by atoms with van der Waals surface area (Å²) in [5.74, 6) is 2.63. The minimum Gasteiger partial charge on any atom is -0.493 e. The van der Waals surface area contributed by atoms with E-state index < -0.39 is 0 Å². The fourth-order valence-electron chi connectivity index (χ4n) is 4.42. The summed E-state index contributed by atoms with van der Waals surface area (Å²) >= 11 is 0. The molecule has 1 amide bonds. The first kappa shape index (κ1) is 17.1. The van der Waals surface area contributed by atoms with Crippen LogP contribution in [0.4, 0.5) is 0 Å². The van der Waals surface area contributed by atoms with Gasteiger partial charge in [0.15, 0.2) is 11.5 Å². The highest BCUT2D eigenvalue weighted by atomic mass is 16.5. The molecule has 0 aliphatic heterocycles. The molecule has 2 aliphatic carbocycles. The molecule has 0 radical (unpaired) electrons. The molecule has 1 aromatic rings. The van der Waals surface area contributed by atoms with Gasteiger partial charge in [-0.05, 0) is 43.6 Å². The number of carbonyl (C=O) groups excluding carboxylic acids is 1. The van der Waals surface area contributed by atoms with Gasteiger partial charge in [-0.1, -0.05) is 18.6 Å². The Kier molecular flexibility index (Phi) is 5.29. The summed E-state index contributed by atoms with van der Waals surface area (Å²) in [5.41, 5.74) is 7.25. The van der Waals surface area contributed by atoms with Crippen molar-refractivity contribution in [3.8, 4) is 11.5 Å². The Balaban J connectivity index is 1.62. The molecule has 0 spiro atoms. The standard InChI is InChI=1S/C19H28N2O3/c1-23-16-8-4-7-14(18(16)24-2)11-21-19(22)15-9-12-5-3-6-13(10-15)17(12)20/h4,7-8,12-13,15,17H,3,5-6,9-11,20H2,1-2H3,(H,21,22). The molecular formula is C19H28N2O3. The molecule has 24 heavy (non-hydrogen) atoms. The largest absolute Gasteiger partial charge is 0.493 e. The van der Waals surface area contributed by atoms with Crippen LogP contribution in [0.25, 0.3) is 0 Å². The molecule has 0 saturated heterocycles. The first-order chi connectivity index (χ1) is 11.6. The van der Waals surface area contributed by atoms with Crippen LogP contribution in [0.3, 0.4) is 0 Å². The van der Waals surface area contributed by atoms with Crippen LogP contribution in [0.5, 0.6) is 11.5 Å². The summed E-state index contributed by atoms with van der Waals surface area (Å²) < 4.78 is 10.7. The molecule has 3 N–H and O–H groups in total. The van der Waals surface area contributed by atoms with Crippen LogP contribution in [-0.2, 0) is 11.3 Å². The minimum absolute atomic E-state index is 0.0942. The van der Waals surface area contributed by atoms with Gasteiger partial charge in [-0.3, -0.25) is 4.79 Å². The number of nitrogens with one attached hydrogen (secondary N) is 1. The molecule has 2 fully saturated rings. The van der Waals surface area contributed by atoms with Gasteiger partial charge >= 0.3 is 0 Å². The van der Waals surface area contributed by atoms with Gasteiger partial charge in [0.2, 0.25) is 5.91 Å². The van der Waals surface area contributed by atoms with E-state index in [1.165, 1.54) is 19.3 Å². The number of para-hydroxylation sites is 1. The second kappa shape index (κ2) is 7.43. The summed E-state index contributed by atoms with van der Waals surface area (Å²) in [6.45, 7) is 0.455. The van der Waals surface area contributed by atoms with E-state index in [2.05, 4.69) is 5.32 Å². The Morgan fingerprint density at radius 2 is 1.92 bits per heavy atom. The molecule has 2 aliphatic rings. The third-order valence-corrected chi connectivity index (χ3v) is 5.72. The summed E-state index contributed by atoms with van der Waals surface area (Å²) in [6.07, 6.45) is 5.46. The second-order valence-corrected chi connectivity index (χ2v) is 7.07. The van der Waals surface area contributed by atoms with E-state index in [0.29, 0.717) is 35.9 Å². The van der Waals surface area contributed by atoms with Crippen molar-refractivity contribution in [2.24, 2.45) is 23.5 Å². The lowest BCUT2D eigenvalue weighted by Gasteiger charge is -2.43. The molecule has 2 unspecified atom stereocenters. The van der Waals surface area contributed by atoms with Crippen molar-refractivity contribution >= 4 is 5.91 Å². The number of benzene rings is 1. The van der Waals surface area contributed by atoms with Crippen molar-refractivity contribution in [1.29, 1.82) is 0 Å². The van der Waals surface area contributed by atoms with E-state index in [4.69, 9.17) is 15.2 Å². The van der Waals surface area contributed by atoms with Crippen LogP contribution >= 0.6 is 0 Å². The van der Waals surface area contributed by atoms with Crippen LogP contribution in [0.1, 0.15) is 37.7 Å². The third kappa shape index (κ3) is 3.36. The van der Waals surface area contributed by atoms with Crippen molar-refractivity contribution in [2.75, 3.05) is 14.2 Å². The number of hydrogen-bond acceptors (Lipinski definition) is 4. The molecular weight excluding hydrogens is 304 g/mol. The quantitative estimate of drug-likeness (QED) is 0.869. The Bertz CT molecular complexity index is 576.